The molecule has 0 atom stereocenters. The Morgan fingerprint density at radius 1 is 0.737 bits per heavy atom. The van der Waals surface area contributed by atoms with Crippen LogP contribution >= 0.6 is 0 Å². The molecule has 0 bridgehead atoms. The molecule has 0 aromatic carbocycles. The smallest absolute Gasteiger partial charge is 0.310 e. The van der Waals surface area contributed by atoms with E-state index in [1.807, 2.05) is 13.8 Å². The Balaban J connectivity index is -0.000000256. The molecule has 19 heavy (non-hydrogen) atoms. The van der Waals surface area contributed by atoms with Gasteiger partial charge in [0, 0.05) is 32.3 Å². The molecule has 7 heteroatoms. The van der Waals surface area contributed by atoms with Crippen LogP contribution in [0, 0.1) is 0 Å². The van der Waals surface area contributed by atoms with Gasteiger partial charge in [0.25, 0.3) is 0 Å². The average molecular weight is 326 g/mol. The predicted molar refractivity (Wildman–Crippen MR) is 64.3 cm³/mol. The van der Waals surface area contributed by atoms with Gasteiger partial charge in [-0.3, -0.25) is 19.2 Å². The van der Waals surface area contributed by atoms with E-state index < -0.39 is 11.9 Å². The van der Waals surface area contributed by atoms with E-state index in [0.29, 0.717) is 12.8 Å². The van der Waals surface area contributed by atoms with Crippen molar-refractivity contribution in [2.24, 2.45) is 0 Å². The van der Waals surface area contributed by atoms with E-state index in [2.05, 4.69) is 0 Å². The maximum atomic E-state index is 10.5. The zero-order chi connectivity index (χ0) is 14.6. The molecule has 0 radical (unpaired) electrons. The van der Waals surface area contributed by atoms with Crippen molar-refractivity contribution in [3.8, 4) is 0 Å². The predicted octanol–water partition coefficient (Wildman–Crippen LogP) is 1.66. The first kappa shape index (κ1) is 23.0. The summed E-state index contributed by atoms with van der Waals surface area (Å²) in [5, 5.41) is 16.2. The van der Waals surface area contributed by atoms with Gasteiger partial charge in [-0.05, 0) is 12.8 Å². The fourth-order valence-electron chi connectivity index (χ4n) is 1.07. The summed E-state index contributed by atoms with van der Waals surface area (Å²) >= 11 is 0. The van der Waals surface area contributed by atoms with E-state index >= 15 is 0 Å². The van der Waals surface area contributed by atoms with Gasteiger partial charge in [0.1, 0.15) is 24.4 Å². The third-order valence-electron chi connectivity index (χ3n) is 1.75. The minimum atomic E-state index is -1.03. The van der Waals surface area contributed by atoms with Gasteiger partial charge in [-0.25, -0.2) is 0 Å². The van der Waals surface area contributed by atoms with E-state index in [4.69, 9.17) is 10.2 Å². The van der Waals surface area contributed by atoms with Crippen molar-refractivity contribution < 1.29 is 48.9 Å². The summed E-state index contributed by atoms with van der Waals surface area (Å²) in [5.74, 6) is -2.45. The molecule has 0 amide bonds. The third-order valence-corrected chi connectivity index (χ3v) is 1.75. The first-order valence-corrected chi connectivity index (χ1v) is 5.80. The molecule has 0 unspecified atom stereocenters. The maximum absolute atomic E-state index is 10.5. The summed E-state index contributed by atoms with van der Waals surface area (Å²) in [6, 6.07) is 0. The Bertz CT molecular complexity index is 271. The molecule has 106 valence electrons. The van der Waals surface area contributed by atoms with Crippen molar-refractivity contribution in [1.29, 1.82) is 0 Å². The van der Waals surface area contributed by atoms with Crippen LogP contribution in [0.2, 0.25) is 0 Å². The van der Waals surface area contributed by atoms with Crippen LogP contribution in [0.25, 0.3) is 0 Å². The Morgan fingerprint density at radius 3 is 1.16 bits per heavy atom. The van der Waals surface area contributed by atoms with Crippen LogP contribution in [0.1, 0.15) is 52.4 Å². The summed E-state index contributed by atoms with van der Waals surface area (Å²) < 4.78 is 0. The molecule has 0 spiro atoms. The first-order chi connectivity index (χ1) is 8.33. The number of carbonyl (C=O) groups is 4. The van der Waals surface area contributed by atoms with Crippen LogP contribution in [-0.4, -0.2) is 33.7 Å². The first-order valence-electron chi connectivity index (χ1n) is 5.80. The second-order valence-corrected chi connectivity index (χ2v) is 3.72. The zero-order valence-corrected chi connectivity index (χ0v) is 14.4. The van der Waals surface area contributed by atoms with Gasteiger partial charge >= 0.3 is 11.9 Å². The topological polar surface area (TPSA) is 109 Å². The zero-order valence-electron chi connectivity index (χ0n) is 11.5. The second kappa shape index (κ2) is 15.0. The van der Waals surface area contributed by atoms with E-state index in [9.17, 15) is 19.2 Å². The van der Waals surface area contributed by atoms with Crippen molar-refractivity contribution in [3.05, 3.63) is 0 Å². The molecule has 0 aromatic rings. The van der Waals surface area contributed by atoms with Gasteiger partial charge in [-0.2, -0.15) is 0 Å². The molecular weight excluding hydrogens is 306 g/mol. The van der Waals surface area contributed by atoms with Crippen LogP contribution in [0.4, 0.5) is 0 Å². The Hall–Kier alpha value is -1.10. The molecule has 6 nitrogen and oxygen atoms in total. The Labute approximate surface area is 125 Å². The standard InChI is InChI=1S/2C6H10O3.Zn/c2*1-2-3-5(7)4-6(8)9;/h2*2-4H2,1H3,(H,8,9);. The van der Waals surface area contributed by atoms with Crippen LogP contribution in [0.5, 0.6) is 0 Å². The number of ketones is 2. The van der Waals surface area contributed by atoms with Crippen LogP contribution in [-0.2, 0) is 38.7 Å². The molecular formula is C12H20O6Zn. The van der Waals surface area contributed by atoms with Crippen molar-refractivity contribution in [2.75, 3.05) is 0 Å². The van der Waals surface area contributed by atoms with Crippen molar-refractivity contribution in [3.63, 3.8) is 0 Å². The molecule has 0 heterocycles. The molecule has 2 N–H and O–H groups in total. The number of carboxylic acid groups (broad SMARTS) is 2. The van der Waals surface area contributed by atoms with Gasteiger partial charge in [0.15, 0.2) is 0 Å². The van der Waals surface area contributed by atoms with E-state index in [1.165, 1.54) is 0 Å². The number of carboxylic acids is 2. The second-order valence-electron chi connectivity index (χ2n) is 3.72. The molecule has 0 aliphatic heterocycles. The summed E-state index contributed by atoms with van der Waals surface area (Å²) in [4.78, 5) is 40.7. The Morgan fingerprint density at radius 2 is 1.00 bits per heavy atom. The van der Waals surface area contributed by atoms with E-state index in [1.54, 1.807) is 0 Å². The van der Waals surface area contributed by atoms with Crippen molar-refractivity contribution in [1.82, 2.24) is 0 Å². The number of aliphatic carboxylic acids is 2. The normalized spacial score (nSPS) is 8.53. The van der Waals surface area contributed by atoms with Gasteiger partial charge in [0.2, 0.25) is 0 Å². The van der Waals surface area contributed by atoms with Gasteiger partial charge in [-0.15, -0.1) is 0 Å². The fraction of sp³-hybridized carbons (Fsp3) is 0.667. The quantitative estimate of drug-likeness (QED) is 0.519. The molecule has 0 aliphatic carbocycles. The van der Waals surface area contributed by atoms with E-state index in [0.717, 1.165) is 12.8 Å². The molecule has 0 aromatic heterocycles. The average Bonchev–Trinajstić information content (AvgIpc) is 2.16. The van der Waals surface area contributed by atoms with E-state index in [-0.39, 0.29) is 43.9 Å². The van der Waals surface area contributed by atoms with Crippen LogP contribution in [0.15, 0.2) is 0 Å². The third kappa shape index (κ3) is 22.5. The van der Waals surface area contributed by atoms with Gasteiger partial charge < -0.3 is 10.2 Å². The van der Waals surface area contributed by atoms with Gasteiger partial charge in [-0.1, -0.05) is 13.8 Å². The minimum absolute atomic E-state index is 0. The summed E-state index contributed by atoms with van der Waals surface area (Å²) in [5.41, 5.74) is 0. The van der Waals surface area contributed by atoms with Gasteiger partial charge in [0.05, 0.1) is 0 Å². The molecule has 0 fully saturated rings. The molecule has 0 aliphatic rings. The summed E-state index contributed by atoms with van der Waals surface area (Å²) in [6.07, 6.45) is 1.57. The minimum Gasteiger partial charge on any atom is -0.481 e. The monoisotopic (exact) mass is 324 g/mol. The largest absolute Gasteiger partial charge is 0.481 e. The fourth-order valence-corrected chi connectivity index (χ4v) is 1.07. The van der Waals surface area contributed by atoms with Crippen molar-refractivity contribution >= 4 is 23.5 Å². The van der Waals surface area contributed by atoms with Crippen molar-refractivity contribution in [2.45, 2.75) is 52.4 Å². The number of carbonyl (C=O) groups excluding carboxylic acids is 2. The SMILES string of the molecule is CCCC(=O)CC(=O)O.CCCC(=O)CC(=O)O.[Zn]. The molecule has 0 saturated carbocycles. The maximum Gasteiger partial charge on any atom is 0.310 e. The number of rotatable bonds is 8. The number of hydrogen-bond acceptors (Lipinski definition) is 4. The molecule has 0 rings (SSSR count). The van der Waals surface area contributed by atoms with Crippen LogP contribution in [0.3, 0.4) is 0 Å². The summed E-state index contributed by atoms with van der Waals surface area (Å²) in [6.45, 7) is 3.69. The number of hydrogen-bond donors (Lipinski definition) is 2. The summed E-state index contributed by atoms with van der Waals surface area (Å²) in [7, 11) is 0. The number of Topliss-reactive ketones (excluding diaryl/α,β-unsaturated/α-hetero) is 2. The Kier molecular flexibility index (Phi) is 18.1. The molecule has 0 saturated heterocycles. The van der Waals surface area contributed by atoms with Crippen LogP contribution < -0.4 is 0 Å².